The average Bonchev–Trinajstić information content (AvgIpc) is 2.26. The number of ether oxygens (including phenoxy) is 1. The van der Waals surface area contributed by atoms with Crippen LogP contribution < -0.4 is 10.5 Å². The summed E-state index contributed by atoms with van der Waals surface area (Å²) in [5.74, 6) is 0.573. The van der Waals surface area contributed by atoms with Crippen LogP contribution in [0.15, 0.2) is 18.2 Å². The zero-order chi connectivity index (χ0) is 13.7. The lowest BCUT2D eigenvalue weighted by Gasteiger charge is -2.15. The Bertz CT molecular complexity index is 419. The minimum Gasteiger partial charge on any atom is -0.483 e. The van der Waals surface area contributed by atoms with E-state index < -0.39 is 0 Å². The lowest BCUT2D eigenvalue weighted by molar-refractivity contribution is -0.130. The maximum atomic E-state index is 11.5. The molecule has 5 heteroatoms. The molecule has 1 amide bonds. The molecular formula is C13H19ClN2O2. The average molecular weight is 271 g/mol. The van der Waals surface area contributed by atoms with Gasteiger partial charge in [0.2, 0.25) is 0 Å². The molecular weight excluding hydrogens is 252 g/mol. The summed E-state index contributed by atoms with van der Waals surface area (Å²) in [6.45, 7) is 1.93. The first-order chi connectivity index (χ1) is 8.40. The summed E-state index contributed by atoms with van der Waals surface area (Å²) >= 11 is 5.94. The topological polar surface area (TPSA) is 55.6 Å². The van der Waals surface area contributed by atoms with Gasteiger partial charge in [-0.15, -0.1) is 0 Å². The molecule has 1 unspecified atom stereocenters. The minimum atomic E-state index is -0.0864. The Labute approximate surface area is 113 Å². The molecule has 1 aromatic rings. The molecule has 0 bridgehead atoms. The van der Waals surface area contributed by atoms with Crippen LogP contribution in [0.5, 0.6) is 5.75 Å². The Morgan fingerprint density at radius 2 is 2.17 bits per heavy atom. The van der Waals surface area contributed by atoms with Gasteiger partial charge in [0.1, 0.15) is 5.75 Å². The second-order valence-corrected chi connectivity index (χ2v) is 4.95. The third-order valence-corrected chi connectivity index (χ3v) is 2.65. The van der Waals surface area contributed by atoms with Crippen LogP contribution in [0.25, 0.3) is 0 Å². The van der Waals surface area contributed by atoms with E-state index in [1.54, 1.807) is 26.2 Å². The number of rotatable bonds is 5. The normalized spacial score (nSPS) is 12.1. The fraction of sp³-hybridized carbons (Fsp3) is 0.462. The van der Waals surface area contributed by atoms with Gasteiger partial charge in [0.15, 0.2) is 6.61 Å². The smallest absolute Gasteiger partial charge is 0.259 e. The number of likely N-dealkylation sites (N-methyl/N-ethyl adjacent to an activating group) is 1. The van der Waals surface area contributed by atoms with Crippen molar-refractivity contribution in [2.45, 2.75) is 19.4 Å². The van der Waals surface area contributed by atoms with Gasteiger partial charge >= 0.3 is 0 Å². The van der Waals surface area contributed by atoms with Crippen molar-refractivity contribution in [3.63, 3.8) is 0 Å². The van der Waals surface area contributed by atoms with E-state index in [1.165, 1.54) is 4.90 Å². The monoisotopic (exact) mass is 270 g/mol. The molecule has 0 heterocycles. The molecule has 0 saturated carbocycles. The second-order valence-electron chi connectivity index (χ2n) is 4.51. The van der Waals surface area contributed by atoms with Crippen LogP contribution in [0.2, 0.25) is 5.02 Å². The summed E-state index contributed by atoms with van der Waals surface area (Å²) in [6, 6.07) is 5.33. The van der Waals surface area contributed by atoms with Crippen molar-refractivity contribution in [1.29, 1.82) is 0 Å². The first-order valence-corrected chi connectivity index (χ1v) is 6.15. The summed E-state index contributed by atoms with van der Waals surface area (Å²) in [5, 5.41) is 0.636. The molecule has 1 atom stereocenters. The number of amides is 1. The fourth-order valence-corrected chi connectivity index (χ4v) is 1.66. The standard InChI is InChI=1S/C13H19ClN2O2/c1-9(15)6-10-7-11(14)4-5-12(10)18-8-13(17)16(2)3/h4-5,7,9H,6,8,15H2,1-3H3. The van der Waals surface area contributed by atoms with Gasteiger partial charge in [-0.1, -0.05) is 11.6 Å². The summed E-state index contributed by atoms with van der Waals surface area (Å²) < 4.78 is 5.51. The first kappa shape index (κ1) is 14.8. The number of hydrogen-bond acceptors (Lipinski definition) is 3. The molecule has 4 nitrogen and oxygen atoms in total. The lowest BCUT2D eigenvalue weighted by atomic mass is 10.1. The SMILES string of the molecule is CC(N)Cc1cc(Cl)ccc1OCC(=O)N(C)C. The van der Waals surface area contributed by atoms with Gasteiger partial charge in [-0.3, -0.25) is 4.79 Å². The van der Waals surface area contributed by atoms with Crippen molar-refractivity contribution < 1.29 is 9.53 Å². The Morgan fingerprint density at radius 3 is 2.72 bits per heavy atom. The predicted octanol–water partition coefficient (Wildman–Crippen LogP) is 1.70. The zero-order valence-corrected chi connectivity index (χ0v) is 11.7. The Balaban J connectivity index is 2.78. The first-order valence-electron chi connectivity index (χ1n) is 5.77. The van der Waals surface area contributed by atoms with Gasteiger partial charge in [0.05, 0.1) is 0 Å². The highest BCUT2D eigenvalue weighted by atomic mass is 35.5. The van der Waals surface area contributed by atoms with Crippen LogP contribution in [-0.2, 0) is 11.2 Å². The van der Waals surface area contributed by atoms with Crippen LogP contribution in [0.1, 0.15) is 12.5 Å². The molecule has 0 aliphatic heterocycles. The van der Waals surface area contributed by atoms with Gasteiger partial charge in [-0.05, 0) is 37.1 Å². The fourth-order valence-electron chi connectivity index (χ4n) is 1.46. The van der Waals surface area contributed by atoms with Gasteiger partial charge in [0, 0.05) is 25.2 Å². The molecule has 100 valence electrons. The molecule has 1 rings (SSSR count). The Kier molecular flexibility index (Phi) is 5.44. The molecule has 0 aliphatic carbocycles. The minimum absolute atomic E-state index is 0.00960. The number of nitrogens with two attached hydrogens (primary N) is 1. The van der Waals surface area contributed by atoms with Crippen molar-refractivity contribution in [3.8, 4) is 5.75 Å². The van der Waals surface area contributed by atoms with E-state index in [0.29, 0.717) is 17.2 Å². The zero-order valence-electron chi connectivity index (χ0n) is 10.9. The molecule has 0 spiro atoms. The van der Waals surface area contributed by atoms with Crippen LogP contribution in [0, 0.1) is 0 Å². The van der Waals surface area contributed by atoms with Gasteiger partial charge < -0.3 is 15.4 Å². The van der Waals surface area contributed by atoms with Crippen LogP contribution in [0.4, 0.5) is 0 Å². The third kappa shape index (κ3) is 4.55. The summed E-state index contributed by atoms with van der Waals surface area (Å²) in [6.07, 6.45) is 0.659. The van der Waals surface area contributed by atoms with E-state index in [0.717, 1.165) is 5.56 Å². The molecule has 2 N–H and O–H groups in total. The highest BCUT2D eigenvalue weighted by Gasteiger charge is 2.10. The molecule has 0 saturated heterocycles. The number of carbonyl (C=O) groups is 1. The highest BCUT2D eigenvalue weighted by molar-refractivity contribution is 6.30. The van der Waals surface area contributed by atoms with Crippen molar-refractivity contribution in [2.75, 3.05) is 20.7 Å². The van der Waals surface area contributed by atoms with Crippen molar-refractivity contribution in [3.05, 3.63) is 28.8 Å². The second kappa shape index (κ2) is 6.61. The molecule has 0 radical (unpaired) electrons. The number of carbonyl (C=O) groups excluding carboxylic acids is 1. The summed E-state index contributed by atoms with van der Waals surface area (Å²) in [5.41, 5.74) is 6.69. The maximum Gasteiger partial charge on any atom is 0.259 e. The van der Waals surface area contributed by atoms with Crippen molar-refractivity contribution in [1.82, 2.24) is 4.90 Å². The van der Waals surface area contributed by atoms with E-state index >= 15 is 0 Å². The maximum absolute atomic E-state index is 11.5. The number of nitrogens with zero attached hydrogens (tertiary/aromatic N) is 1. The van der Waals surface area contributed by atoms with E-state index in [9.17, 15) is 4.79 Å². The largest absolute Gasteiger partial charge is 0.483 e. The van der Waals surface area contributed by atoms with Crippen LogP contribution >= 0.6 is 11.6 Å². The van der Waals surface area contributed by atoms with E-state index in [-0.39, 0.29) is 18.6 Å². The molecule has 1 aromatic carbocycles. The number of hydrogen-bond donors (Lipinski definition) is 1. The van der Waals surface area contributed by atoms with Crippen molar-refractivity contribution in [2.24, 2.45) is 5.73 Å². The number of halogens is 1. The van der Waals surface area contributed by atoms with Crippen molar-refractivity contribution >= 4 is 17.5 Å². The van der Waals surface area contributed by atoms with Gasteiger partial charge in [0.25, 0.3) is 5.91 Å². The molecule has 0 aromatic heterocycles. The highest BCUT2D eigenvalue weighted by Crippen LogP contribution is 2.24. The van der Waals surface area contributed by atoms with Crippen LogP contribution in [-0.4, -0.2) is 37.6 Å². The van der Waals surface area contributed by atoms with E-state index in [1.807, 2.05) is 13.0 Å². The summed E-state index contributed by atoms with van der Waals surface area (Å²) in [4.78, 5) is 13.0. The molecule has 18 heavy (non-hydrogen) atoms. The molecule has 0 aliphatic rings. The Morgan fingerprint density at radius 1 is 1.50 bits per heavy atom. The summed E-state index contributed by atoms with van der Waals surface area (Å²) in [7, 11) is 3.38. The van der Waals surface area contributed by atoms with E-state index in [2.05, 4.69) is 0 Å². The van der Waals surface area contributed by atoms with Gasteiger partial charge in [-0.25, -0.2) is 0 Å². The predicted molar refractivity (Wildman–Crippen MR) is 73.0 cm³/mol. The van der Waals surface area contributed by atoms with Gasteiger partial charge in [-0.2, -0.15) is 0 Å². The lowest BCUT2D eigenvalue weighted by Crippen LogP contribution is -2.28. The number of benzene rings is 1. The van der Waals surface area contributed by atoms with Crippen LogP contribution in [0.3, 0.4) is 0 Å². The quantitative estimate of drug-likeness (QED) is 0.886. The Hall–Kier alpha value is -1.26. The third-order valence-electron chi connectivity index (χ3n) is 2.41. The molecule has 0 fully saturated rings. The van der Waals surface area contributed by atoms with E-state index in [4.69, 9.17) is 22.1 Å².